The van der Waals surface area contributed by atoms with Crippen LogP contribution in [0.5, 0.6) is 0 Å². The molecule has 0 radical (unpaired) electrons. The average Bonchev–Trinajstić information content (AvgIpc) is 3.11. The third kappa shape index (κ3) is 5.00. The van der Waals surface area contributed by atoms with E-state index in [2.05, 4.69) is 22.2 Å². The highest BCUT2D eigenvalue weighted by Crippen LogP contribution is 2.32. The molecule has 2 aliphatic rings. The van der Waals surface area contributed by atoms with Crippen molar-refractivity contribution in [2.45, 2.75) is 64.8 Å². The van der Waals surface area contributed by atoms with Crippen molar-refractivity contribution in [3.8, 4) is 0 Å². The second-order valence-corrected chi connectivity index (χ2v) is 9.00. The van der Waals surface area contributed by atoms with Crippen LogP contribution >= 0.6 is 0 Å². The first kappa shape index (κ1) is 21.6. The van der Waals surface area contributed by atoms with E-state index in [1.54, 1.807) is 0 Å². The van der Waals surface area contributed by atoms with Crippen molar-refractivity contribution >= 4 is 11.8 Å². The van der Waals surface area contributed by atoms with Gasteiger partial charge in [-0.3, -0.25) is 9.59 Å². The minimum absolute atomic E-state index is 0.159. The number of likely N-dealkylation sites (tertiary alicyclic amines) is 2. The summed E-state index contributed by atoms with van der Waals surface area (Å²) in [5.74, 6) is 1.53. The molecule has 3 heterocycles. The van der Waals surface area contributed by atoms with Crippen molar-refractivity contribution in [3.63, 3.8) is 0 Å². The Bertz CT molecular complexity index is 888. The first-order chi connectivity index (χ1) is 15.0. The summed E-state index contributed by atoms with van der Waals surface area (Å²) in [6.07, 6.45) is 5.75. The minimum atomic E-state index is 0.159. The van der Waals surface area contributed by atoms with Crippen molar-refractivity contribution in [2.24, 2.45) is 5.92 Å². The van der Waals surface area contributed by atoms with Crippen LogP contribution < -0.4 is 0 Å². The standard InChI is InChI=1S/C25H33N3O3/c1-18-22(19(2)31-26-18)16-25(30)28-14-7-11-21-17-27(15-13-23(21)28)24(29)12-6-10-20-8-4-3-5-9-20/h3-5,8-9,21,23H,6-7,10-17H2,1-2H3/t21-,23+/m1/s1. The molecule has 0 bridgehead atoms. The zero-order valence-corrected chi connectivity index (χ0v) is 18.7. The highest BCUT2D eigenvalue weighted by atomic mass is 16.5. The third-order valence-corrected chi connectivity index (χ3v) is 6.95. The molecule has 0 spiro atoms. The zero-order chi connectivity index (χ0) is 21.8. The van der Waals surface area contributed by atoms with Gasteiger partial charge in [0.05, 0.1) is 12.1 Å². The Labute approximate surface area is 184 Å². The molecule has 4 rings (SSSR count). The lowest BCUT2D eigenvalue weighted by molar-refractivity contribution is -0.141. The summed E-state index contributed by atoms with van der Waals surface area (Å²) in [6, 6.07) is 10.6. The molecule has 0 N–H and O–H groups in total. The molecule has 0 saturated carbocycles. The number of hydrogen-bond donors (Lipinski definition) is 0. The van der Waals surface area contributed by atoms with Crippen LogP contribution in [0.1, 0.15) is 54.7 Å². The molecular weight excluding hydrogens is 390 g/mol. The van der Waals surface area contributed by atoms with E-state index < -0.39 is 0 Å². The van der Waals surface area contributed by atoms with Crippen LogP contribution in [-0.2, 0) is 22.4 Å². The maximum Gasteiger partial charge on any atom is 0.227 e. The number of aryl methyl sites for hydroxylation is 3. The average molecular weight is 424 g/mol. The van der Waals surface area contributed by atoms with E-state index in [4.69, 9.17) is 4.52 Å². The fraction of sp³-hybridized carbons (Fsp3) is 0.560. The Kier molecular flexibility index (Phi) is 6.73. The molecule has 2 aliphatic heterocycles. The highest BCUT2D eigenvalue weighted by molar-refractivity contribution is 5.80. The smallest absolute Gasteiger partial charge is 0.227 e. The van der Waals surface area contributed by atoms with E-state index in [0.29, 0.717) is 18.8 Å². The SMILES string of the molecule is Cc1noc(C)c1CC(=O)N1CCC[C@@H]2CN(C(=O)CCCc3ccccc3)CC[C@@H]21. The van der Waals surface area contributed by atoms with Crippen molar-refractivity contribution in [3.05, 3.63) is 52.9 Å². The van der Waals surface area contributed by atoms with Gasteiger partial charge in [0.15, 0.2) is 0 Å². The number of piperidine rings is 2. The second kappa shape index (κ2) is 9.67. The fourth-order valence-corrected chi connectivity index (χ4v) is 5.19. The molecule has 31 heavy (non-hydrogen) atoms. The molecule has 1 aromatic carbocycles. The summed E-state index contributed by atoms with van der Waals surface area (Å²) in [7, 11) is 0. The van der Waals surface area contributed by atoms with Gasteiger partial charge >= 0.3 is 0 Å². The number of fused-ring (bicyclic) bond motifs is 1. The van der Waals surface area contributed by atoms with Gasteiger partial charge in [-0.15, -0.1) is 0 Å². The largest absolute Gasteiger partial charge is 0.361 e. The molecule has 2 atom stereocenters. The van der Waals surface area contributed by atoms with Gasteiger partial charge in [0.1, 0.15) is 5.76 Å². The number of hydrogen-bond acceptors (Lipinski definition) is 4. The summed E-state index contributed by atoms with van der Waals surface area (Å²) >= 11 is 0. The van der Waals surface area contributed by atoms with Crippen LogP contribution in [0.25, 0.3) is 0 Å². The molecule has 6 heteroatoms. The van der Waals surface area contributed by atoms with Crippen LogP contribution in [0.15, 0.2) is 34.9 Å². The van der Waals surface area contributed by atoms with Crippen LogP contribution in [0.2, 0.25) is 0 Å². The molecule has 1 aromatic heterocycles. The van der Waals surface area contributed by atoms with Crippen LogP contribution in [0, 0.1) is 19.8 Å². The quantitative estimate of drug-likeness (QED) is 0.711. The minimum Gasteiger partial charge on any atom is -0.361 e. The lowest BCUT2D eigenvalue weighted by atomic mass is 9.83. The molecule has 0 unspecified atom stereocenters. The molecule has 0 aliphatic carbocycles. The van der Waals surface area contributed by atoms with E-state index in [1.165, 1.54) is 5.56 Å². The van der Waals surface area contributed by atoms with Crippen molar-refractivity contribution in [2.75, 3.05) is 19.6 Å². The fourth-order valence-electron chi connectivity index (χ4n) is 5.19. The maximum atomic E-state index is 13.1. The maximum absolute atomic E-state index is 13.1. The molecule has 2 amide bonds. The molecular formula is C25H33N3O3. The highest BCUT2D eigenvalue weighted by Gasteiger charge is 2.39. The summed E-state index contributed by atoms with van der Waals surface area (Å²) in [6.45, 7) is 6.10. The molecule has 166 valence electrons. The van der Waals surface area contributed by atoms with Crippen LogP contribution in [0.3, 0.4) is 0 Å². The van der Waals surface area contributed by atoms with Gasteiger partial charge in [0.2, 0.25) is 11.8 Å². The van der Waals surface area contributed by atoms with Crippen LogP contribution in [0.4, 0.5) is 0 Å². The van der Waals surface area contributed by atoms with Gasteiger partial charge in [0, 0.05) is 37.7 Å². The lowest BCUT2D eigenvalue weighted by Crippen LogP contribution is -2.57. The van der Waals surface area contributed by atoms with E-state index in [9.17, 15) is 9.59 Å². The number of aromatic nitrogens is 1. The summed E-state index contributed by atoms with van der Waals surface area (Å²) in [5, 5.41) is 3.98. The lowest BCUT2D eigenvalue weighted by Gasteiger charge is -2.47. The first-order valence-electron chi connectivity index (χ1n) is 11.6. The van der Waals surface area contributed by atoms with Gasteiger partial charge in [-0.25, -0.2) is 0 Å². The Morgan fingerprint density at radius 3 is 2.65 bits per heavy atom. The van der Waals surface area contributed by atoms with Gasteiger partial charge < -0.3 is 14.3 Å². The Morgan fingerprint density at radius 1 is 1.10 bits per heavy atom. The first-order valence-corrected chi connectivity index (χ1v) is 11.6. The van der Waals surface area contributed by atoms with Gasteiger partial charge in [-0.1, -0.05) is 35.5 Å². The monoisotopic (exact) mass is 423 g/mol. The second-order valence-electron chi connectivity index (χ2n) is 9.00. The molecule has 2 aromatic rings. The summed E-state index contributed by atoms with van der Waals surface area (Å²) in [4.78, 5) is 30.0. The van der Waals surface area contributed by atoms with Crippen molar-refractivity contribution < 1.29 is 14.1 Å². The predicted molar refractivity (Wildman–Crippen MR) is 118 cm³/mol. The number of rotatable bonds is 6. The Hall–Kier alpha value is -2.63. The van der Waals surface area contributed by atoms with E-state index in [0.717, 1.165) is 68.8 Å². The Morgan fingerprint density at radius 2 is 1.90 bits per heavy atom. The number of carbonyl (C=O) groups is 2. The van der Waals surface area contributed by atoms with Crippen LogP contribution in [-0.4, -0.2) is 52.4 Å². The van der Waals surface area contributed by atoms with E-state index >= 15 is 0 Å². The van der Waals surface area contributed by atoms with Crippen molar-refractivity contribution in [1.29, 1.82) is 0 Å². The van der Waals surface area contributed by atoms with E-state index in [-0.39, 0.29) is 17.9 Å². The number of nitrogens with zero attached hydrogens (tertiary/aromatic N) is 3. The molecule has 2 fully saturated rings. The summed E-state index contributed by atoms with van der Waals surface area (Å²) in [5.41, 5.74) is 3.00. The number of amides is 2. The topological polar surface area (TPSA) is 66.7 Å². The normalized spacial score (nSPS) is 21.1. The van der Waals surface area contributed by atoms with Gasteiger partial charge in [-0.05, 0) is 57.4 Å². The predicted octanol–water partition coefficient (Wildman–Crippen LogP) is 3.70. The zero-order valence-electron chi connectivity index (χ0n) is 18.7. The molecule has 6 nitrogen and oxygen atoms in total. The molecule has 2 saturated heterocycles. The van der Waals surface area contributed by atoms with Gasteiger partial charge in [-0.2, -0.15) is 0 Å². The van der Waals surface area contributed by atoms with Crippen molar-refractivity contribution in [1.82, 2.24) is 15.0 Å². The third-order valence-electron chi connectivity index (χ3n) is 6.95. The number of carbonyl (C=O) groups excluding carboxylic acids is 2. The van der Waals surface area contributed by atoms with Gasteiger partial charge in [0.25, 0.3) is 0 Å². The Balaban J connectivity index is 1.30. The number of benzene rings is 1. The van der Waals surface area contributed by atoms with E-state index in [1.807, 2.05) is 36.9 Å². The summed E-state index contributed by atoms with van der Waals surface area (Å²) < 4.78 is 5.23.